The van der Waals surface area contributed by atoms with Gasteiger partial charge in [-0.3, -0.25) is 9.59 Å². The number of ether oxygens (including phenoxy) is 1. The molecule has 0 saturated carbocycles. The number of anilines is 1. The maximum Gasteiger partial charge on any atom is 0.331 e. The number of hydrogen-bond acceptors (Lipinski definition) is 4. The van der Waals surface area contributed by atoms with E-state index in [0.29, 0.717) is 5.69 Å². The molecule has 0 bridgehead atoms. The smallest absolute Gasteiger partial charge is 0.331 e. The molecule has 0 heterocycles. The molecule has 0 aliphatic carbocycles. The summed E-state index contributed by atoms with van der Waals surface area (Å²) >= 11 is 0. The quantitative estimate of drug-likeness (QED) is 0.472. The highest BCUT2D eigenvalue weighted by Crippen LogP contribution is 2.08. The van der Waals surface area contributed by atoms with Crippen LogP contribution < -0.4 is 5.32 Å². The fourth-order valence-electron chi connectivity index (χ4n) is 1.68. The number of esters is 1. The Morgan fingerprint density at radius 1 is 1.17 bits per heavy atom. The van der Waals surface area contributed by atoms with E-state index < -0.39 is 18.5 Å². The minimum Gasteiger partial charge on any atom is -0.452 e. The molecule has 1 rings (SSSR count). The highest BCUT2D eigenvalue weighted by Gasteiger charge is 2.14. The predicted molar refractivity (Wildman–Crippen MR) is 92.4 cm³/mol. The number of amides is 2. The molecule has 1 aromatic carbocycles. The first-order valence-electron chi connectivity index (χ1n) is 7.49. The molecule has 0 aliphatic heterocycles. The van der Waals surface area contributed by atoms with Crippen molar-refractivity contribution in [2.75, 3.05) is 25.5 Å². The van der Waals surface area contributed by atoms with Crippen LogP contribution in [0.2, 0.25) is 0 Å². The Hall–Kier alpha value is -2.89. The van der Waals surface area contributed by atoms with Gasteiger partial charge in [0.15, 0.2) is 6.61 Å². The molecule has 6 heteroatoms. The van der Waals surface area contributed by atoms with E-state index in [4.69, 9.17) is 4.74 Å². The number of aryl methyl sites for hydroxylation is 1. The van der Waals surface area contributed by atoms with Crippen molar-refractivity contribution in [3.8, 4) is 0 Å². The summed E-state index contributed by atoms with van der Waals surface area (Å²) in [4.78, 5) is 36.3. The molecule has 0 saturated heterocycles. The normalized spacial score (nSPS) is 10.8. The van der Waals surface area contributed by atoms with Crippen LogP contribution in [0.3, 0.4) is 0 Å². The van der Waals surface area contributed by atoms with Crippen molar-refractivity contribution < 1.29 is 19.1 Å². The molecule has 2 amide bonds. The second kappa shape index (κ2) is 9.99. The summed E-state index contributed by atoms with van der Waals surface area (Å²) in [5.41, 5.74) is 1.75. The lowest BCUT2D eigenvalue weighted by atomic mass is 10.2. The van der Waals surface area contributed by atoms with Crippen LogP contribution in [0.1, 0.15) is 12.5 Å². The summed E-state index contributed by atoms with van der Waals surface area (Å²) in [6, 6.07) is 7.33. The highest BCUT2D eigenvalue weighted by atomic mass is 16.5. The van der Waals surface area contributed by atoms with Crippen molar-refractivity contribution in [1.29, 1.82) is 0 Å². The van der Waals surface area contributed by atoms with Gasteiger partial charge in [-0.05, 0) is 26.0 Å². The molecule has 0 radical (unpaired) electrons. The molecule has 1 N–H and O–H groups in total. The summed E-state index contributed by atoms with van der Waals surface area (Å²) in [5, 5.41) is 2.69. The fourth-order valence-corrected chi connectivity index (χ4v) is 1.68. The van der Waals surface area contributed by atoms with Gasteiger partial charge in [0.25, 0.3) is 5.91 Å². The number of likely N-dealkylation sites (N-methyl/N-ethyl adjacent to an activating group) is 1. The SMILES string of the molecule is C/C=C/C=C/C(=O)OCC(=O)N(C)CC(=O)Nc1ccc(C)cc1. The van der Waals surface area contributed by atoms with E-state index in [1.54, 1.807) is 24.3 Å². The Bertz CT molecular complexity index is 633. The number of rotatable bonds is 7. The van der Waals surface area contributed by atoms with Crippen molar-refractivity contribution in [2.45, 2.75) is 13.8 Å². The average Bonchev–Trinajstić information content (AvgIpc) is 2.54. The molecule has 0 fully saturated rings. The van der Waals surface area contributed by atoms with Gasteiger partial charge in [0.2, 0.25) is 5.91 Å². The number of carbonyl (C=O) groups excluding carboxylic acids is 3. The number of nitrogens with zero attached hydrogens (tertiary/aromatic N) is 1. The molecule has 0 aliphatic rings. The third-order valence-corrected chi connectivity index (χ3v) is 3.02. The summed E-state index contributed by atoms with van der Waals surface area (Å²) in [6.07, 6.45) is 6.17. The van der Waals surface area contributed by atoms with Crippen molar-refractivity contribution in [3.05, 3.63) is 54.1 Å². The summed E-state index contributed by atoms with van der Waals surface area (Å²) in [7, 11) is 1.47. The van der Waals surface area contributed by atoms with Gasteiger partial charge in [-0.1, -0.05) is 35.9 Å². The van der Waals surface area contributed by atoms with E-state index in [1.807, 2.05) is 26.0 Å². The minimum atomic E-state index is -0.612. The molecule has 128 valence electrons. The maximum atomic E-state index is 11.9. The zero-order valence-electron chi connectivity index (χ0n) is 14.1. The maximum absolute atomic E-state index is 11.9. The Labute approximate surface area is 141 Å². The van der Waals surface area contributed by atoms with Crippen molar-refractivity contribution in [2.24, 2.45) is 0 Å². The number of hydrogen-bond donors (Lipinski definition) is 1. The van der Waals surface area contributed by atoms with Crippen LogP contribution in [0.25, 0.3) is 0 Å². The topological polar surface area (TPSA) is 75.7 Å². The van der Waals surface area contributed by atoms with Gasteiger partial charge < -0.3 is 15.0 Å². The van der Waals surface area contributed by atoms with Crippen molar-refractivity contribution >= 4 is 23.5 Å². The number of nitrogens with one attached hydrogen (secondary N) is 1. The lowest BCUT2D eigenvalue weighted by molar-refractivity contribution is -0.148. The van der Waals surface area contributed by atoms with E-state index in [9.17, 15) is 14.4 Å². The van der Waals surface area contributed by atoms with E-state index in [2.05, 4.69) is 5.32 Å². The van der Waals surface area contributed by atoms with E-state index in [1.165, 1.54) is 24.1 Å². The second-order valence-corrected chi connectivity index (χ2v) is 5.16. The van der Waals surface area contributed by atoms with Crippen LogP contribution >= 0.6 is 0 Å². The first-order chi connectivity index (χ1) is 11.4. The van der Waals surface area contributed by atoms with E-state index >= 15 is 0 Å². The molecular formula is C18H22N2O4. The number of carbonyl (C=O) groups is 3. The first-order valence-corrected chi connectivity index (χ1v) is 7.49. The van der Waals surface area contributed by atoms with Crippen molar-refractivity contribution in [3.63, 3.8) is 0 Å². The lowest BCUT2D eigenvalue weighted by Gasteiger charge is -2.16. The molecule has 0 atom stereocenters. The van der Waals surface area contributed by atoms with Gasteiger partial charge >= 0.3 is 5.97 Å². The Balaban J connectivity index is 2.38. The van der Waals surface area contributed by atoms with Crippen LogP contribution in [-0.2, 0) is 19.1 Å². The molecule has 0 unspecified atom stereocenters. The van der Waals surface area contributed by atoms with Crippen LogP contribution in [0.15, 0.2) is 48.6 Å². The van der Waals surface area contributed by atoms with Gasteiger partial charge in [-0.25, -0.2) is 4.79 Å². The third kappa shape index (κ3) is 7.40. The molecule has 0 spiro atoms. The third-order valence-electron chi connectivity index (χ3n) is 3.02. The average molecular weight is 330 g/mol. The van der Waals surface area contributed by atoms with E-state index in [-0.39, 0.29) is 12.5 Å². The summed E-state index contributed by atoms with van der Waals surface area (Å²) in [6.45, 7) is 3.23. The lowest BCUT2D eigenvalue weighted by Crippen LogP contribution is -2.37. The molecule has 6 nitrogen and oxygen atoms in total. The summed E-state index contributed by atoms with van der Waals surface area (Å²) < 4.78 is 4.80. The first kappa shape index (κ1) is 19.2. The highest BCUT2D eigenvalue weighted by molar-refractivity contribution is 5.95. The number of allylic oxidation sites excluding steroid dienone is 3. The van der Waals surface area contributed by atoms with Gasteiger partial charge in [0.05, 0.1) is 6.54 Å². The fraction of sp³-hybridized carbons (Fsp3) is 0.278. The Morgan fingerprint density at radius 3 is 2.46 bits per heavy atom. The van der Waals surface area contributed by atoms with Gasteiger partial charge in [-0.15, -0.1) is 0 Å². The van der Waals surface area contributed by atoms with Gasteiger partial charge in [0, 0.05) is 18.8 Å². The van der Waals surface area contributed by atoms with Crippen LogP contribution in [0.5, 0.6) is 0 Å². The van der Waals surface area contributed by atoms with Gasteiger partial charge in [0.1, 0.15) is 0 Å². The Morgan fingerprint density at radius 2 is 1.83 bits per heavy atom. The van der Waals surface area contributed by atoms with Crippen LogP contribution in [0, 0.1) is 6.92 Å². The molecule has 0 aromatic heterocycles. The van der Waals surface area contributed by atoms with Crippen LogP contribution in [-0.4, -0.2) is 42.9 Å². The predicted octanol–water partition coefficient (Wildman–Crippen LogP) is 2.07. The zero-order valence-corrected chi connectivity index (χ0v) is 14.1. The van der Waals surface area contributed by atoms with E-state index in [0.717, 1.165) is 5.56 Å². The second-order valence-electron chi connectivity index (χ2n) is 5.16. The van der Waals surface area contributed by atoms with Gasteiger partial charge in [-0.2, -0.15) is 0 Å². The van der Waals surface area contributed by atoms with Crippen molar-refractivity contribution in [1.82, 2.24) is 4.90 Å². The number of benzene rings is 1. The standard InChI is InChI=1S/C18H22N2O4/c1-4-5-6-7-18(23)24-13-17(22)20(3)12-16(21)19-15-10-8-14(2)9-11-15/h4-11H,12-13H2,1-3H3,(H,19,21)/b5-4+,7-6+. The summed E-state index contributed by atoms with van der Waals surface area (Å²) in [5.74, 6) is -1.39. The Kier molecular flexibility index (Phi) is 7.98. The zero-order chi connectivity index (χ0) is 17.9. The largest absolute Gasteiger partial charge is 0.452 e. The van der Waals surface area contributed by atoms with Crippen LogP contribution in [0.4, 0.5) is 5.69 Å². The molecular weight excluding hydrogens is 308 g/mol. The molecule has 24 heavy (non-hydrogen) atoms. The molecule has 1 aromatic rings. The monoisotopic (exact) mass is 330 g/mol. The minimum absolute atomic E-state index is 0.126.